The Morgan fingerprint density at radius 2 is 1.60 bits per heavy atom. The number of ether oxygens (including phenoxy) is 1. The Kier molecular flexibility index (Phi) is 9.71. The van der Waals surface area contributed by atoms with Crippen LogP contribution in [0, 0.1) is 13.8 Å². The zero-order chi connectivity index (χ0) is 26.3. The number of nitrogens with one attached hydrogen (secondary N) is 1. The molecule has 2 aromatic rings. The fraction of sp³-hybridized carbons (Fsp3) is 0.462. The Bertz CT molecular complexity index is 1110. The molecule has 0 radical (unpaired) electrons. The van der Waals surface area contributed by atoms with Gasteiger partial charge in [-0.1, -0.05) is 25.1 Å². The summed E-state index contributed by atoms with van der Waals surface area (Å²) in [6.45, 7) is 8.98. The third-order valence-corrected chi connectivity index (χ3v) is 6.99. The molecule has 0 aromatic heterocycles. The highest BCUT2D eigenvalue weighted by atomic mass is 32.2. The van der Waals surface area contributed by atoms with Crippen LogP contribution in [0.5, 0.6) is 5.75 Å². The van der Waals surface area contributed by atoms with Crippen molar-refractivity contribution < 1.29 is 22.7 Å². The predicted molar refractivity (Wildman–Crippen MR) is 139 cm³/mol. The summed E-state index contributed by atoms with van der Waals surface area (Å²) in [4.78, 5) is 27.9. The van der Waals surface area contributed by atoms with Gasteiger partial charge in [0.1, 0.15) is 18.3 Å². The molecule has 0 aliphatic rings. The first kappa shape index (κ1) is 28.2. The fourth-order valence-electron chi connectivity index (χ4n) is 3.68. The lowest BCUT2D eigenvalue weighted by Crippen LogP contribution is -2.52. The van der Waals surface area contributed by atoms with Gasteiger partial charge in [0, 0.05) is 12.6 Å². The Morgan fingerprint density at radius 3 is 2.09 bits per heavy atom. The monoisotopic (exact) mass is 503 g/mol. The van der Waals surface area contributed by atoms with Crippen molar-refractivity contribution in [1.29, 1.82) is 0 Å². The Balaban J connectivity index is 2.41. The van der Waals surface area contributed by atoms with Crippen LogP contribution >= 0.6 is 0 Å². The molecule has 192 valence electrons. The average Bonchev–Trinajstić information content (AvgIpc) is 2.79. The number of hydrogen-bond acceptors (Lipinski definition) is 5. The molecule has 0 aliphatic carbocycles. The predicted octanol–water partition coefficient (Wildman–Crippen LogP) is 3.41. The van der Waals surface area contributed by atoms with Gasteiger partial charge in [-0.25, -0.2) is 8.42 Å². The van der Waals surface area contributed by atoms with Crippen LogP contribution in [0.2, 0.25) is 0 Å². The lowest BCUT2D eigenvalue weighted by atomic mass is 10.1. The van der Waals surface area contributed by atoms with Crippen LogP contribution in [0.3, 0.4) is 0 Å². The van der Waals surface area contributed by atoms with Gasteiger partial charge < -0.3 is 15.0 Å². The van der Waals surface area contributed by atoms with E-state index in [0.29, 0.717) is 11.4 Å². The average molecular weight is 504 g/mol. The second-order valence-corrected chi connectivity index (χ2v) is 10.9. The van der Waals surface area contributed by atoms with E-state index in [1.165, 1.54) is 4.90 Å². The van der Waals surface area contributed by atoms with Crippen LogP contribution in [-0.2, 0) is 26.2 Å². The number of amides is 2. The first-order chi connectivity index (χ1) is 16.3. The van der Waals surface area contributed by atoms with Gasteiger partial charge in [0.25, 0.3) is 0 Å². The Morgan fingerprint density at radius 1 is 1.03 bits per heavy atom. The highest BCUT2D eigenvalue weighted by molar-refractivity contribution is 7.92. The summed E-state index contributed by atoms with van der Waals surface area (Å²) in [6, 6.07) is 11.7. The molecule has 8 nitrogen and oxygen atoms in total. The lowest BCUT2D eigenvalue weighted by Gasteiger charge is -2.32. The molecular formula is C26H37N3O5S. The molecule has 0 unspecified atom stereocenters. The van der Waals surface area contributed by atoms with Gasteiger partial charge in [-0.2, -0.15) is 0 Å². The van der Waals surface area contributed by atoms with Gasteiger partial charge in [0.05, 0.1) is 19.1 Å². The molecule has 0 heterocycles. The highest BCUT2D eigenvalue weighted by Gasteiger charge is 2.30. The maximum Gasteiger partial charge on any atom is 0.244 e. The van der Waals surface area contributed by atoms with Crippen molar-refractivity contribution in [2.75, 3.05) is 24.2 Å². The van der Waals surface area contributed by atoms with E-state index in [0.717, 1.165) is 33.7 Å². The molecule has 1 N–H and O–H groups in total. The van der Waals surface area contributed by atoms with E-state index in [4.69, 9.17) is 4.74 Å². The molecule has 9 heteroatoms. The summed E-state index contributed by atoms with van der Waals surface area (Å²) in [5, 5.41) is 2.91. The van der Waals surface area contributed by atoms with Gasteiger partial charge >= 0.3 is 0 Å². The highest BCUT2D eigenvalue weighted by Crippen LogP contribution is 2.22. The molecule has 0 aliphatic heterocycles. The maximum atomic E-state index is 13.6. The van der Waals surface area contributed by atoms with Crippen molar-refractivity contribution in [2.24, 2.45) is 0 Å². The molecular weight excluding hydrogens is 466 g/mol. The molecule has 35 heavy (non-hydrogen) atoms. The van der Waals surface area contributed by atoms with Crippen molar-refractivity contribution in [2.45, 2.75) is 59.7 Å². The summed E-state index contributed by atoms with van der Waals surface area (Å²) in [6.07, 6.45) is 1.82. The minimum atomic E-state index is -3.76. The van der Waals surface area contributed by atoms with Crippen molar-refractivity contribution >= 4 is 27.5 Å². The smallest absolute Gasteiger partial charge is 0.244 e. The van der Waals surface area contributed by atoms with Crippen LogP contribution in [0.4, 0.5) is 5.69 Å². The van der Waals surface area contributed by atoms with E-state index in [1.807, 2.05) is 45.9 Å². The van der Waals surface area contributed by atoms with Gasteiger partial charge in [-0.3, -0.25) is 13.9 Å². The number of methoxy groups -OCH3 is 1. The van der Waals surface area contributed by atoms with Gasteiger partial charge in [-0.05, 0) is 75.1 Å². The number of rotatable bonds is 11. The number of sulfonamides is 1. The minimum absolute atomic E-state index is 0.0503. The maximum absolute atomic E-state index is 13.6. The van der Waals surface area contributed by atoms with E-state index in [1.54, 1.807) is 38.3 Å². The van der Waals surface area contributed by atoms with Gasteiger partial charge in [0.15, 0.2) is 0 Å². The Hall–Kier alpha value is -3.07. The number of benzene rings is 2. The topological polar surface area (TPSA) is 96.0 Å². The first-order valence-corrected chi connectivity index (χ1v) is 13.5. The van der Waals surface area contributed by atoms with Crippen molar-refractivity contribution in [3.63, 3.8) is 0 Å². The van der Waals surface area contributed by atoms with E-state index in [2.05, 4.69) is 5.32 Å². The van der Waals surface area contributed by atoms with Gasteiger partial charge in [0.2, 0.25) is 21.8 Å². The SMILES string of the molecule is CC[C@@H](C)NC(=O)[C@H](C)N(Cc1ccc(OC)cc1)C(=O)CN(c1cc(C)cc(C)c1)S(C)(=O)=O. The van der Waals surface area contributed by atoms with Crippen LogP contribution in [-0.4, -0.2) is 57.1 Å². The second-order valence-electron chi connectivity index (χ2n) is 8.98. The molecule has 2 atom stereocenters. The first-order valence-electron chi connectivity index (χ1n) is 11.6. The molecule has 0 fully saturated rings. The summed E-state index contributed by atoms with van der Waals surface area (Å²) in [5.74, 6) is -0.0945. The quantitative estimate of drug-likeness (QED) is 0.507. The number of nitrogens with zero attached hydrogens (tertiary/aromatic N) is 2. The summed E-state index contributed by atoms with van der Waals surface area (Å²) in [7, 11) is -2.19. The van der Waals surface area contributed by atoms with Crippen LogP contribution < -0.4 is 14.4 Å². The summed E-state index contributed by atoms with van der Waals surface area (Å²) < 4.78 is 31.7. The number of aryl methyl sites for hydroxylation is 2. The van der Waals surface area contributed by atoms with E-state index < -0.39 is 28.5 Å². The van der Waals surface area contributed by atoms with E-state index >= 15 is 0 Å². The number of anilines is 1. The van der Waals surface area contributed by atoms with Gasteiger partial charge in [-0.15, -0.1) is 0 Å². The van der Waals surface area contributed by atoms with Crippen molar-refractivity contribution in [3.8, 4) is 5.75 Å². The Labute approximate surface area is 209 Å². The zero-order valence-electron chi connectivity index (χ0n) is 21.7. The number of carbonyl (C=O) groups excluding carboxylic acids is 2. The number of carbonyl (C=O) groups is 2. The third-order valence-electron chi connectivity index (χ3n) is 5.85. The number of hydrogen-bond donors (Lipinski definition) is 1. The van der Waals surface area contributed by atoms with Crippen molar-refractivity contribution in [3.05, 3.63) is 59.2 Å². The second kappa shape index (κ2) is 12.1. The minimum Gasteiger partial charge on any atom is -0.497 e. The third kappa shape index (κ3) is 7.99. The molecule has 2 rings (SSSR count). The molecule has 0 saturated carbocycles. The standard InChI is InChI=1S/C26H37N3O5S/c1-8-20(4)27-26(31)21(5)28(16-22-9-11-24(34-6)12-10-22)25(30)17-29(35(7,32)33)23-14-18(2)13-19(3)15-23/h9-15,20-21H,8,16-17H2,1-7H3,(H,27,31)/t20-,21+/m1/s1. The zero-order valence-corrected chi connectivity index (χ0v) is 22.5. The van der Waals surface area contributed by atoms with Crippen molar-refractivity contribution in [1.82, 2.24) is 10.2 Å². The van der Waals surface area contributed by atoms with Crippen LogP contribution in [0.25, 0.3) is 0 Å². The van der Waals surface area contributed by atoms with Crippen LogP contribution in [0.15, 0.2) is 42.5 Å². The molecule has 0 bridgehead atoms. The summed E-state index contributed by atoms with van der Waals surface area (Å²) >= 11 is 0. The fourth-order valence-corrected chi connectivity index (χ4v) is 4.52. The summed E-state index contributed by atoms with van der Waals surface area (Å²) in [5.41, 5.74) is 2.98. The molecule has 0 spiro atoms. The molecule has 0 saturated heterocycles. The molecule has 2 aromatic carbocycles. The van der Waals surface area contributed by atoms with E-state index in [9.17, 15) is 18.0 Å². The van der Waals surface area contributed by atoms with Crippen LogP contribution in [0.1, 0.15) is 43.9 Å². The normalized spacial score (nSPS) is 13.0. The van der Waals surface area contributed by atoms with E-state index in [-0.39, 0.29) is 18.5 Å². The lowest BCUT2D eigenvalue weighted by molar-refractivity contribution is -0.139. The largest absolute Gasteiger partial charge is 0.497 e. The molecule has 2 amide bonds.